The van der Waals surface area contributed by atoms with Gasteiger partial charge in [-0.2, -0.15) is 26.3 Å². The Labute approximate surface area is 316 Å². The number of hydrogen-bond donors (Lipinski definition) is 0. The molecule has 6 aromatic carbocycles. The van der Waals surface area contributed by atoms with Crippen LogP contribution in [0.5, 0.6) is 0 Å². The Morgan fingerprint density at radius 3 is 1.26 bits per heavy atom. The normalized spacial score (nSPS) is 11.9. The Morgan fingerprint density at radius 1 is 0.481 bits per heavy atom. The Balaban J connectivity index is 1.17. The van der Waals surface area contributed by atoms with Gasteiger partial charge in [0.05, 0.1) is 34.0 Å². The highest BCUT2D eigenvalue weighted by atomic mass is 33.1. The predicted molar refractivity (Wildman–Crippen MR) is 208 cm³/mol. The second-order valence-electron chi connectivity index (χ2n) is 12.5. The molecule has 0 aliphatic heterocycles. The molecule has 0 aliphatic carbocycles. The van der Waals surface area contributed by atoms with Crippen molar-refractivity contribution in [1.29, 1.82) is 0 Å². The number of carbonyl (C=O) groups is 2. The summed E-state index contributed by atoms with van der Waals surface area (Å²) >= 11 is 0. The Hall–Kier alpha value is -4.94. The fourth-order valence-corrected chi connectivity index (χ4v) is 8.06. The fourth-order valence-electron chi connectivity index (χ4n) is 6.27. The SMILES string of the molecule is O=C(CSSCC(=O)N(CCc1cccc(C(F)(F)F)c1)c1cccc2ccccc12)N(CCc1cccc(C(F)(F)F)c1)c1cccc2ccccc12. The van der Waals surface area contributed by atoms with E-state index in [2.05, 4.69) is 0 Å². The van der Waals surface area contributed by atoms with Crippen LogP contribution >= 0.6 is 21.6 Å². The number of halogens is 6. The van der Waals surface area contributed by atoms with Crippen LogP contribution in [-0.2, 0) is 34.8 Å². The van der Waals surface area contributed by atoms with E-state index in [1.807, 2.05) is 72.8 Å². The van der Waals surface area contributed by atoms with Crippen molar-refractivity contribution in [3.63, 3.8) is 0 Å². The number of rotatable bonds is 13. The van der Waals surface area contributed by atoms with Gasteiger partial charge in [-0.05, 0) is 59.0 Å². The maximum Gasteiger partial charge on any atom is 0.416 e. The number of hydrogen-bond acceptors (Lipinski definition) is 4. The lowest BCUT2D eigenvalue weighted by Gasteiger charge is -2.25. The topological polar surface area (TPSA) is 40.6 Å². The second kappa shape index (κ2) is 17.0. The van der Waals surface area contributed by atoms with Gasteiger partial charge in [-0.25, -0.2) is 0 Å². The Morgan fingerprint density at radius 2 is 0.852 bits per heavy atom. The van der Waals surface area contributed by atoms with Crippen molar-refractivity contribution in [1.82, 2.24) is 0 Å². The minimum atomic E-state index is -4.49. The van der Waals surface area contributed by atoms with Crippen LogP contribution in [-0.4, -0.2) is 36.4 Å². The molecule has 278 valence electrons. The largest absolute Gasteiger partial charge is 0.416 e. The molecule has 0 fully saturated rings. The van der Waals surface area contributed by atoms with Gasteiger partial charge in [0.25, 0.3) is 0 Å². The molecule has 0 radical (unpaired) electrons. The lowest BCUT2D eigenvalue weighted by Crippen LogP contribution is -2.35. The molecule has 6 rings (SSSR count). The van der Waals surface area contributed by atoms with E-state index in [0.29, 0.717) is 22.5 Å². The van der Waals surface area contributed by atoms with E-state index in [0.717, 1.165) is 45.8 Å². The maximum absolute atomic E-state index is 13.9. The Bertz CT molecular complexity index is 2090. The molecule has 0 saturated carbocycles. The van der Waals surface area contributed by atoms with E-state index in [1.165, 1.54) is 33.7 Å². The number of amides is 2. The molecule has 4 nitrogen and oxygen atoms in total. The average molecular weight is 777 g/mol. The smallest absolute Gasteiger partial charge is 0.311 e. The molecule has 0 N–H and O–H groups in total. The average Bonchev–Trinajstić information content (AvgIpc) is 3.16. The maximum atomic E-state index is 13.9. The summed E-state index contributed by atoms with van der Waals surface area (Å²) in [7, 11) is 2.37. The first kappa shape index (κ1) is 38.8. The first-order valence-electron chi connectivity index (χ1n) is 17.0. The van der Waals surface area contributed by atoms with E-state index in [1.54, 1.807) is 34.1 Å². The van der Waals surface area contributed by atoms with Crippen molar-refractivity contribution >= 4 is 66.3 Å². The molecule has 54 heavy (non-hydrogen) atoms. The molecular weight excluding hydrogens is 743 g/mol. The number of anilines is 2. The van der Waals surface area contributed by atoms with Crippen LogP contribution in [0, 0.1) is 0 Å². The summed E-state index contributed by atoms with van der Waals surface area (Å²) in [5.74, 6) is -0.609. The zero-order valence-corrected chi connectivity index (χ0v) is 30.4. The third-order valence-corrected chi connectivity index (χ3v) is 11.0. The van der Waals surface area contributed by atoms with Crippen molar-refractivity contribution in [3.8, 4) is 0 Å². The van der Waals surface area contributed by atoms with Crippen LogP contribution in [0.15, 0.2) is 133 Å². The van der Waals surface area contributed by atoms with Gasteiger partial charge in [0.1, 0.15) is 0 Å². The molecule has 0 aliphatic rings. The molecule has 0 aromatic heterocycles. The minimum absolute atomic E-state index is 0.0255. The molecule has 2 amide bonds. The number of carbonyl (C=O) groups excluding carboxylic acids is 2. The summed E-state index contributed by atoms with van der Waals surface area (Å²) in [5, 5.41) is 3.43. The molecule has 6 aromatic rings. The van der Waals surface area contributed by atoms with Gasteiger partial charge >= 0.3 is 12.4 Å². The van der Waals surface area contributed by atoms with Crippen molar-refractivity contribution in [2.24, 2.45) is 0 Å². The highest BCUT2D eigenvalue weighted by molar-refractivity contribution is 8.77. The van der Waals surface area contributed by atoms with Gasteiger partial charge in [0, 0.05) is 23.9 Å². The molecule has 0 spiro atoms. The van der Waals surface area contributed by atoms with Crippen LogP contribution in [0.2, 0.25) is 0 Å². The lowest BCUT2D eigenvalue weighted by atomic mass is 10.1. The van der Waals surface area contributed by atoms with E-state index < -0.39 is 23.5 Å². The van der Waals surface area contributed by atoms with E-state index in [4.69, 9.17) is 0 Å². The summed E-state index contributed by atoms with van der Waals surface area (Å²) in [4.78, 5) is 30.9. The quantitative estimate of drug-likeness (QED) is 0.0665. The summed E-state index contributed by atoms with van der Waals surface area (Å²) in [6.45, 7) is 0.255. The second-order valence-corrected chi connectivity index (χ2v) is 15.0. The van der Waals surface area contributed by atoms with Crippen molar-refractivity contribution in [3.05, 3.63) is 156 Å². The fraction of sp³-hybridized carbons (Fsp3) is 0.190. The molecule has 12 heteroatoms. The minimum Gasteiger partial charge on any atom is -0.311 e. The van der Waals surface area contributed by atoms with Gasteiger partial charge < -0.3 is 9.80 Å². The summed E-state index contributed by atoms with van der Waals surface area (Å²) in [6.07, 6.45) is -8.62. The summed E-state index contributed by atoms with van der Waals surface area (Å²) < 4.78 is 80.5. The molecule has 0 bridgehead atoms. The van der Waals surface area contributed by atoms with Gasteiger partial charge in [0.15, 0.2) is 0 Å². The van der Waals surface area contributed by atoms with E-state index in [9.17, 15) is 35.9 Å². The van der Waals surface area contributed by atoms with Crippen molar-refractivity contribution in [2.75, 3.05) is 34.4 Å². The van der Waals surface area contributed by atoms with Crippen LogP contribution in [0.1, 0.15) is 22.3 Å². The number of alkyl halides is 6. The van der Waals surface area contributed by atoms with E-state index >= 15 is 0 Å². The van der Waals surface area contributed by atoms with E-state index in [-0.39, 0.29) is 49.3 Å². The Kier molecular flexibility index (Phi) is 12.2. The molecule has 0 atom stereocenters. The molecule has 0 heterocycles. The first-order chi connectivity index (χ1) is 25.9. The molecule has 0 unspecified atom stereocenters. The zero-order chi connectivity index (χ0) is 38.3. The number of benzene rings is 6. The number of fused-ring (bicyclic) bond motifs is 2. The predicted octanol–water partition coefficient (Wildman–Crippen LogP) is 11.3. The first-order valence-corrected chi connectivity index (χ1v) is 19.5. The van der Waals surface area contributed by atoms with Crippen LogP contribution in [0.25, 0.3) is 21.5 Å². The van der Waals surface area contributed by atoms with Gasteiger partial charge in [0.2, 0.25) is 11.8 Å². The lowest BCUT2D eigenvalue weighted by molar-refractivity contribution is -0.138. The summed E-state index contributed by atoms with van der Waals surface area (Å²) in [5.41, 5.74) is 0.620. The van der Waals surface area contributed by atoms with Crippen molar-refractivity contribution < 1.29 is 35.9 Å². The van der Waals surface area contributed by atoms with Gasteiger partial charge in [-0.15, -0.1) is 0 Å². The van der Waals surface area contributed by atoms with Gasteiger partial charge in [-0.1, -0.05) is 131 Å². The third-order valence-electron chi connectivity index (χ3n) is 8.92. The van der Waals surface area contributed by atoms with Crippen LogP contribution < -0.4 is 9.80 Å². The van der Waals surface area contributed by atoms with Crippen LogP contribution in [0.4, 0.5) is 37.7 Å². The zero-order valence-electron chi connectivity index (χ0n) is 28.7. The number of nitrogens with zero attached hydrogens (tertiary/aromatic N) is 2. The van der Waals surface area contributed by atoms with Crippen molar-refractivity contribution in [2.45, 2.75) is 25.2 Å². The monoisotopic (exact) mass is 776 g/mol. The third kappa shape index (κ3) is 9.58. The standard InChI is InChI=1S/C42H34F6N2O2S2/c43-41(44,45)33-15-5-9-29(25-33)21-23-49(37-19-7-13-31-11-1-3-17-35(31)37)39(51)27-53-54-28-40(52)50(38-20-8-14-32-12-2-4-18-36(32)38)24-22-30-10-6-16-34(26-30)42(46,47)48/h1-20,25-26H,21-24,27-28H2. The molecular formula is C42H34F6N2O2S2. The highest BCUT2D eigenvalue weighted by Gasteiger charge is 2.31. The van der Waals surface area contributed by atoms with Gasteiger partial charge in [-0.3, -0.25) is 9.59 Å². The highest BCUT2D eigenvalue weighted by Crippen LogP contribution is 2.34. The van der Waals surface area contributed by atoms with Crippen LogP contribution in [0.3, 0.4) is 0 Å². The molecule has 0 saturated heterocycles. The summed E-state index contributed by atoms with van der Waals surface area (Å²) in [6, 6.07) is 36.3.